The first-order valence-electron chi connectivity index (χ1n) is 8.62. The van der Waals surface area contributed by atoms with E-state index >= 15 is 0 Å². The van der Waals surface area contributed by atoms with Gasteiger partial charge in [-0.2, -0.15) is 0 Å². The summed E-state index contributed by atoms with van der Waals surface area (Å²) in [6.07, 6.45) is 2.46. The van der Waals surface area contributed by atoms with Crippen molar-refractivity contribution < 1.29 is 0 Å². The fraction of sp³-hybridized carbons (Fsp3) is 0.364. The highest BCUT2D eigenvalue weighted by Crippen LogP contribution is 2.58. The van der Waals surface area contributed by atoms with Crippen molar-refractivity contribution in [1.29, 1.82) is 0 Å². The van der Waals surface area contributed by atoms with Crippen molar-refractivity contribution in [3.8, 4) is 21.6 Å². The van der Waals surface area contributed by atoms with Gasteiger partial charge in [-0.25, -0.2) is 0 Å². The van der Waals surface area contributed by atoms with E-state index in [1.54, 1.807) is 38.6 Å². The van der Waals surface area contributed by atoms with Gasteiger partial charge in [0, 0.05) is 20.9 Å². The third kappa shape index (κ3) is 1.35. The van der Waals surface area contributed by atoms with Crippen LogP contribution in [0.4, 0.5) is 0 Å². The SMILES string of the molecule is Cc1sc2c(c1C)-c1c(C)c(C)c3c4c(c(C)c(C)c-2c14)CC3. The van der Waals surface area contributed by atoms with Crippen LogP contribution in [0, 0.1) is 41.5 Å². The van der Waals surface area contributed by atoms with E-state index in [4.69, 9.17) is 0 Å². The second-order valence-electron chi connectivity index (χ2n) is 7.44. The molecule has 0 nitrogen and oxygen atoms in total. The van der Waals surface area contributed by atoms with Crippen molar-refractivity contribution in [2.24, 2.45) is 0 Å². The summed E-state index contributed by atoms with van der Waals surface area (Å²) >= 11 is 2.00. The lowest BCUT2D eigenvalue weighted by atomic mass is 9.87. The Labute approximate surface area is 142 Å². The maximum Gasteiger partial charge on any atom is 0.0436 e. The number of thiophene rings is 1. The van der Waals surface area contributed by atoms with E-state index in [1.165, 1.54) is 50.4 Å². The molecule has 2 aliphatic carbocycles. The monoisotopic (exact) mass is 318 g/mol. The van der Waals surface area contributed by atoms with Gasteiger partial charge < -0.3 is 0 Å². The van der Waals surface area contributed by atoms with E-state index in [1.807, 2.05) is 11.3 Å². The molecule has 2 aliphatic rings. The largest absolute Gasteiger partial charge is 0.140 e. The Kier molecular flexibility index (Phi) is 2.45. The van der Waals surface area contributed by atoms with E-state index in [2.05, 4.69) is 41.5 Å². The van der Waals surface area contributed by atoms with Crippen LogP contribution in [0.5, 0.6) is 0 Å². The van der Waals surface area contributed by atoms with E-state index in [-0.39, 0.29) is 0 Å². The number of hydrogen-bond acceptors (Lipinski definition) is 1. The molecular weight excluding hydrogens is 296 g/mol. The molecule has 1 heteroatoms. The van der Waals surface area contributed by atoms with E-state index in [0.717, 1.165) is 0 Å². The highest BCUT2D eigenvalue weighted by Gasteiger charge is 2.34. The van der Waals surface area contributed by atoms with Gasteiger partial charge in [-0.05, 0) is 110 Å². The molecule has 0 N–H and O–H groups in total. The van der Waals surface area contributed by atoms with E-state index < -0.39 is 0 Å². The Morgan fingerprint density at radius 3 is 1.74 bits per heavy atom. The molecule has 0 unspecified atom stereocenters. The normalized spacial score (nSPS) is 14.2. The van der Waals surface area contributed by atoms with Gasteiger partial charge in [0.2, 0.25) is 0 Å². The summed E-state index contributed by atoms with van der Waals surface area (Å²) in [7, 11) is 0. The predicted molar refractivity (Wildman–Crippen MR) is 102 cm³/mol. The summed E-state index contributed by atoms with van der Waals surface area (Å²) in [5, 5.41) is 3.20. The van der Waals surface area contributed by atoms with Crippen molar-refractivity contribution in [3.63, 3.8) is 0 Å². The van der Waals surface area contributed by atoms with Crippen molar-refractivity contribution in [1.82, 2.24) is 0 Å². The van der Waals surface area contributed by atoms with Gasteiger partial charge in [0.15, 0.2) is 0 Å². The van der Waals surface area contributed by atoms with E-state index in [0.29, 0.717) is 0 Å². The smallest absolute Gasteiger partial charge is 0.0436 e. The molecule has 0 radical (unpaired) electrons. The minimum absolute atomic E-state index is 1.23. The van der Waals surface area contributed by atoms with Crippen LogP contribution in [0.2, 0.25) is 0 Å². The average molecular weight is 318 g/mol. The van der Waals surface area contributed by atoms with Crippen LogP contribution in [0.1, 0.15) is 43.8 Å². The van der Waals surface area contributed by atoms with Crippen LogP contribution in [0.3, 0.4) is 0 Å². The number of fused-ring (bicyclic) bond motifs is 3. The maximum absolute atomic E-state index is 2.35. The van der Waals surface area contributed by atoms with Gasteiger partial charge in [-0.15, -0.1) is 11.3 Å². The molecule has 116 valence electrons. The lowest BCUT2D eigenvalue weighted by molar-refractivity contribution is 0.998. The molecule has 3 aromatic rings. The van der Waals surface area contributed by atoms with Gasteiger partial charge in [0.05, 0.1) is 0 Å². The van der Waals surface area contributed by atoms with Crippen LogP contribution in [-0.2, 0) is 12.8 Å². The minimum Gasteiger partial charge on any atom is -0.140 e. The van der Waals surface area contributed by atoms with Crippen LogP contribution in [0.25, 0.3) is 32.3 Å². The fourth-order valence-electron chi connectivity index (χ4n) is 5.01. The van der Waals surface area contributed by atoms with Crippen LogP contribution in [0.15, 0.2) is 0 Å². The van der Waals surface area contributed by atoms with Crippen molar-refractivity contribution in [2.75, 3.05) is 0 Å². The lowest BCUT2D eigenvalue weighted by Gasteiger charge is -2.17. The third-order valence-electron chi connectivity index (χ3n) is 6.62. The second kappa shape index (κ2) is 4.08. The number of rotatable bonds is 0. The number of benzene rings is 2. The molecule has 23 heavy (non-hydrogen) atoms. The zero-order chi connectivity index (χ0) is 16.2. The molecule has 1 heterocycles. The minimum atomic E-state index is 1.23. The third-order valence-corrected chi connectivity index (χ3v) is 7.85. The summed E-state index contributed by atoms with van der Waals surface area (Å²) in [4.78, 5) is 3.01. The highest BCUT2D eigenvalue weighted by molar-refractivity contribution is 7.16. The molecule has 5 rings (SSSR count). The first kappa shape index (κ1) is 13.8. The highest BCUT2D eigenvalue weighted by atomic mass is 32.1. The zero-order valence-corrected chi connectivity index (χ0v) is 15.6. The van der Waals surface area contributed by atoms with Crippen LogP contribution < -0.4 is 0 Å². The Bertz CT molecular complexity index is 1050. The standard InChI is InChI=1S/C22H22S/c1-9-11(3)17-19-13(5)14(6)23-22(19)18-12(4)10(2)16-8-7-15(9)20(16)21(17)18/h7-8H2,1-6H3. The predicted octanol–water partition coefficient (Wildman–Crippen LogP) is 6.50. The van der Waals surface area contributed by atoms with Crippen LogP contribution in [-0.4, -0.2) is 0 Å². The Morgan fingerprint density at radius 1 is 0.565 bits per heavy atom. The van der Waals surface area contributed by atoms with Gasteiger partial charge in [-0.1, -0.05) is 0 Å². The Balaban J connectivity index is 2.15. The van der Waals surface area contributed by atoms with Gasteiger partial charge >= 0.3 is 0 Å². The van der Waals surface area contributed by atoms with Crippen molar-refractivity contribution in [2.45, 2.75) is 54.4 Å². The summed E-state index contributed by atoms with van der Waals surface area (Å²) < 4.78 is 0. The summed E-state index contributed by atoms with van der Waals surface area (Å²) in [6, 6.07) is 0. The maximum atomic E-state index is 2.35. The lowest BCUT2D eigenvalue weighted by Crippen LogP contribution is -1.95. The molecule has 0 saturated carbocycles. The molecule has 0 amide bonds. The Hall–Kier alpha value is -1.60. The molecule has 2 aromatic carbocycles. The Morgan fingerprint density at radius 2 is 1.13 bits per heavy atom. The molecular formula is C22H22S. The molecule has 0 spiro atoms. The first-order chi connectivity index (χ1) is 10.9. The zero-order valence-electron chi connectivity index (χ0n) is 14.8. The van der Waals surface area contributed by atoms with Gasteiger partial charge in [0.1, 0.15) is 0 Å². The molecule has 0 atom stereocenters. The van der Waals surface area contributed by atoms with Gasteiger partial charge in [0.25, 0.3) is 0 Å². The molecule has 0 fully saturated rings. The molecule has 0 saturated heterocycles. The number of aryl methyl sites for hydroxylation is 3. The number of hydrogen-bond donors (Lipinski definition) is 0. The van der Waals surface area contributed by atoms with Crippen molar-refractivity contribution >= 4 is 22.1 Å². The topological polar surface area (TPSA) is 0 Å². The van der Waals surface area contributed by atoms with E-state index in [9.17, 15) is 0 Å². The molecule has 0 bridgehead atoms. The average Bonchev–Trinajstić information content (AvgIpc) is 3.16. The summed E-state index contributed by atoms with van der Waals surface area (Å²) in [5.41, 5.74) is 15.5. The molecule has 0 aliphatic heterocycles. The van der Waals surface area contributed by atoms with Crippen molar-refractivity contribution in [3.05, 3.63) is 43.8 Å². The quantitative estimate of drug-likeness (QED) is 0.347. The summed E-state index contributed by atoms with van der Waals surface area (Å²) in [6.45, 7) is 14.0. The van der Waals surface area contributed by atoms with Crippen LogP contribution >= 0.6 is 11.3 Å². The fourth-order valence-corrected chi connectivity index (χ4v) is 6.29. The van der Waals surface area contributed by atoms with Gasteiger partial charge in [-0.3, -0.25) is 0 Å². The summed E-state index contributed by atoms with van der Waals surface area (Å²) in [5.74, 6) is 0. The molecule has 1 aromatic heterocycles. The second-order valence-corrected chi connectivity index (χ2v) is 8.67. The first-order valence-corrected chi connectivity index (χ1v) is 9.43.